The van der Waals surface area contributed by atoms with Crippen LogP contribution in [0.25, 0.3) is 0 Å². The number of carbonyl (C=O) groups excluding carboxylic acids is 2. The van der Waals surface area contributed by atoms with Crippen LogP contribution in [0, 0.1) is 5.41 Å². The van der Waals surface area contributed by atoms with Gasteiger partial charge in [0.15, 0.2) is 5.78 Å². The standard InChI is InChI=1S/C12H17NO4/c1-12(2)5-9(14)8(10(15)6-12)7-13-4-3-11(16)17/h7,14H,3-6H2,1-2H3,(H,16,17)/p-1. The van der Waals surface area contributed by atoms with E-state index in [0.29, 0.717) is 12.8 Å². The third-order valence-corrected chi connectivity index (χ3v) is 2.56. The molecule has 0 atom stereocenters. The van der Waals surface area contributed by atoms with Crippen LogP contribution in [0.15, 0.2) is 16.3 Å². The molecule has 5 nitrogen and oxygen atoms in total. The van der Waals surface area contributed by atoms with Gasteiger partial charge in [-0.05, 0) is 5.41 Å². The van der Waals surface area contributed by atoms with Gasteiger partial charge in [-0.1, -0.05) is 13.8 Å². The molecule has 0 aromatic carbocycles. The van der Waals surface area contributed by atoms with E-state index in [4.69, 9.17) is 0 Å². The van der Waals surface area contributed by atoms with Crippen LogP contribution in [0.4, 0.5) is 0 Å². The average Bonchev–Trinajstić information content (AvgIpc) is 2.12. The Balaban J connectivity index is 2.70. The second-order valence-electron chi connectivity index (χ2n) is 4.96. The van der Waals surface area contributed by atoms with Crippen molar-refractivity contribution in [2.45, 2.75) is 33.1 Å². The van der Waals surface area contributed by atoms with Gasteiger partial charge in [-0.15, -0.1) is 0 Å². The molecule has 0 aromatic heterocycles. The van der Waals surface area contributed by atoms with Crippen LogP contribution in [0.3, 0.4) is 0 Å². The predicted octanol–water partition coefficient (Wildman–Crippen LogP) is 0.398. The Morgan fingerprint density at radius 3 is 2.71 bits per heavy atom. The molecular weight excluding hydrogens is 222 g/mol. The summed E-state index contributed by atoms with van der Waals surface area (Å²) < 4.78 is 0. The summed E-state index contributed by atoms with van der Waals surface area (Å²) in [6.45, 7) is 3.87. The van der Waals surface area contributed by atoms with E-state index in [1.165, 1.54) is 6.21 Å². The molecule has 1 N–H and O–H groups in total. The molecule has 0 radical (unpaired) electrons. The van der Waals surface area contributed by atoms with Gasteiger partial charge < -0.3 is 15.0 Å². The first-order valence-electron chi connectivity index (χ1n) is 5.47. The van der Waals surface area contributed by atoms with Gasteiger partial charge in [0.2, 0.25) is 0 Å². The minimum Gasteiger partial charge on any atom is -0.550 e. The maximum Gasteiger partial charge on any atom is 0.168 e. The summed E-state index contributed by atoms with van der Waals surface area (Å²) in [6.07, 6.45) is 1.86. The lowest BCUT2D eigenvalue weighted by atomic mass is 9.77. The van der Waals surface area contributed by atoms with Gasteiger partial charge in [0, 0.05) is 38.0 Å². The largest absolute Gasteiger partial charge is 0.550 e. The van der Waals surface area contributed by atoms with E-state index >= 15 is 0 Å². The number of ketones is 1. The highest BCUT2D eigenvalue weighted by molar-refractivity contribution is 6.14. The average molecular weight is 238 g/mol. The fraction of sp³-hybridized carbons (Fsp3) is 0.583. The number of carbonyl (C=O) groups is 2. The Morgan fingerprint density at radius 1 is 1.53 bits per heavy atom. The van der Waals surface area contributed by atoms with Gasteiger partial charge in [0.25, 0.3) is 0 Å². The number of aliphatic carboxylic acids is 1. The van der Waals surface area contributed by atoms with Crippen molar-refractivity contribution >= 4 is 18.0 Å². The van der Waals surface area contributed by atoms with Crippen molar-refractivity contribution in [2.75, 3.05) is 6.54 Å². The smallest absolute Gasteiger partial charge is 0.168 e. The Labute approximate surface area is 99.9 Å². The molecule has 0 heterocycles. The van der Waals surface area contributed by atoms with E-state index in [9.17, 15) is 19.8 Å². The minimum atomic E-state index is -1.18. The minimum absolute atomic E-state index is 0.0310. The summed E-state index contributed by atoms with van der Waals surface area (Å²) in [5.74, 6) is -1.31. The first kappa shape index (κ1) is 13.4. The molecule has 17 heavy (non-hydrogen) atoms. The van der Waals surface area contributed by atoms with Crippen molar-refractivity contribution in [3.05, 3.63) is 11.3 Å². The predicted molar refractivity (Wildman–Crippen MR) is 60.7 cm³/mol. The number of hydrogen-bond donors (Lipinski definition) is 1. The summed E-state index contributed by atoms with van der Waals surface area (Å²) >= 11 is 0. The highest BCUT2D eigenvalue weighted by Crippen LogP contribution is 2.34. The SMILES string of the molecule is CC1(C)CC(=O)C(C=NCCC(=O)[O-])=C(O)C1. The van der Waals surface area contributed by atoms with Crippen LogP contribution >= 0.6 is 0 Å². The lowest BCUT2D eigenvalue weighted by Crippen LogP contribution is -2.26. The van der Waals surface area contributed by atoms with Crippen LogP contribution in [0.1, 0.15) is 33.1 Å². The number of hydrogen-bond acceptors (Lipinski definition) is 5. The number of Topliss-reactive ketones (excluding diaryl/α,β-unsaturated/α-hetero) is 1. The van der Waals surface area contributed by atoms with Crippen molar-refractivity contribution < 1.29 is 19.8 Å². The highest BCUT2D eigenvalue weighted by Gasteiger charge is 2.32. The molecule has 0 fully saturated rings. The van der Waals surface area contributed by atoms with Gasteiger partial charge in [-0.25, -0.2) is 0 Å². The number of allylic oxidation sites excluding steroid dienone is 2. The van der Waals surface area contributed by atoms with Crippen molar-refractivity contribution in [2.24, 2.45) is 10.4 Å². The number of aliphatic hydroxyl groups excluding tert-OH is 1. The zero-order chi connectivity index (χ0) is 13.1. The molecule has 0 spiro atoms. The zero-order valence-corrected chi connectivity index (χ0v) is 10.0. The highest BCUT2D eigenvalue weighted by atomic mass is 16.4. The van der Waals surface area contributed by atoms with Crippen LogP contribution in [0.5, 0.6) is 0 Å². The lowest BCUT2D eigenvalue weighted by Gasteiger charge is -2.28. The molecule has 1 aliphatic rings. The third kappa shape index (κ3) is 4.01. The number of nitrogens with zero attached hydrogens (tertiary/aromatic N) is 1. The Bertz CT molecular complexity index is 393. The van der Waals surface area contributed by atoms with Crippen LogP contribution in [0.2, 0.25) is 0 Å². The molecular formula is C12H16NO4-. The number of carboxylic acid groups (broad SMARTS) is 1. The summed E-state index contributed by atoms with van der Waals surface area (Å²) in [6, 6.07) is 0. The zero-order valence-electron chi connectivity index (χ0n) is 10.0. The fourth-order valence-corrected chi connectivity index (χ4v) is 1.76. The van der Waals surface area contributed by atoms with E-state index in [0.717, 1.165) is 0 Å². The topological polar surface area (TPSA) is 89.8 Å². The van der Waals surface area contributed by atoms with Crippen LogP contribution < -0.4 is 5.11 Å². The maximum atomic E-state index is 11.7. The molecule has 0 aliphatic heterocycles. The van der Waals surface area contributed by atoms with Gasteiger partial charge in [-0.2, -0.15) is 0 Å². The Morgan fingerprint density at radius 2 is 2.18 bits per heavy atom. The molecule has 0 aromatic rings. The van der Waals surface area contributed by atoms with Gasteiger partial charge in [0.05, 0.1) is 5.57 Å². The third-order valence-electron chi connectivity index (χ3n) is 2.56. The Hall–Kier alpha value is -1.65. The van der Waals surface area contributed by atoms with E-state index in [1.54, 1.807) is 0 Å². The van der Waals surface area contributed by atoms with Crippen molar-refractivity contribution in [1.29, 1.82) is 0 Å². The normalized spacial score (nSPS) is 20.0. The van der Waals surface area contributed by atoms with Crippen LogP contribution in [-0.2, 0) is 9.59 Å². The van der Waals surface area contributed by atoms with E-state index in [2.05, 4.69) is 4.99 Å². The summed E-state index contributed by atoms with van der Waals surface area (Å²) in [4.78, 5) is 25.7. The van der Waals surface area contributed by atoms with Gasteiger partial charge in [-0.3, -0.25) is 9.79 Å². The van der Waals surface area contributed by atoms with E-state index in [-0.39, 0.29) is 35.5 Å². The lowest BCUT2D eigenvalue weighted by molar-refractivity contribution is -0.305. The summed E-state index contributed by atoms with van der Waals surface area (Å²) in [5.41, 5.74) is -0.0357. The number of aliphatic hydroxyl groups is 1. The maximum absolute atomic E-state index is 11.7. The first-order valence-corrected chi connectivity index (χ1v) is 5.47. The van der Waals surface area contributed by atoms with Gasteiger partial charge in [0.1, 0.15) is 5.76 Å². The van der Waals surface area contributed by atoms with Crippen molar-refractivity contribution in [3.63, 3.8) is 0 Å². The number of aliphatic imine (C=N–C) groups is 1. The molecule has 0 saturated heterocycles. The first-order chi connectivity index (χ1) is 7.82. The molecule has 1 aliphatic carbocycles. The molecule has 5 heteroatoms. The molecule has 0 bridgehead atoms. The quantitative estimate of drug-likeness (QED) is 0.718. The second kappa shape index (κ2) is 5.12. The molecule has 0 amide bonds. The number of rotatable bonds is 4. The number of carboxylic acids is 1. The van der Waals surface area contributed by atoms with Crippen LogP contribution in [-0.4, -0.2) is 29.6 Å². The van der Waals surface area contributed by atoms with Crippen molar-refractivity contribution in [1.82, 2.24) is 0 Å². The summed E-state index contributed by atoms with van der Waals surface area (Å²) in [5, 5.41) is 19.9. The monoisotopic (exact) mass is 238 g/mol. The molecule has 94 valence electrons. The fourth-order valence-electron chi connectivity index (χ4n) is 1.76. The second-order valence-corrected chi connectivity index (χ2v) is 4.96. The van der Waals surface area contributed by atoms with E-state index in [1.807, 2.05) is 13.8 Å². The summed E-state index contributed by atoms with van der Waals surface area (Å²) in [7, 11) is 0. The van der Waals surface area contributed by atoms with Gasteiger partial charge >= 0.3 is 0 Å². The molecule has 0 unspecified atom stereocenters. The molecule has 1 rings (SSSR count). The van der Waals surface area contributed by atoms with Crippen molar-refractivity contribution in [3.8, 4) is 0 Å². The molecule has 0 saturated carbocycles. The van der Waals surface area contributed by atoms with E-state index < -0.39 is 5.97 Å². The Kier molecular flexibility index (Phi) is 4.04.